The van der Waals surface area contributed by atoms with Crippen molar-refractivity contribution in [1.29, 1.82) is 0 Å². The van der Waals surface area contributed by atoms with Gasteiger partial charge < -0.3 is 9.47 Å². The van der Waals surface area contributed by atoms with Crippen LogP contribution in [0, 0.1) is 0 Å². The minimum atomic E-state index is -4.74. The quantitative estimate of drug-likeness (QED) is 0.797. The lowest BCUT2D eigenvalue weighted by molar-refractivity contribution is -0.274. The van der Waals surface area contributed by atoms with E-state index in [9.17, 15) is 13.2 Å². The topological polar surface area (TPSA) is 30.8 Å². The molecular formula is C9H5BrF3NO2S. The summed E-state index contributed by atoms with van der Waals surface area (Å²) >= 11 is 7.08. The van der Waals surface area contributed by atoms with E-state index in [0.717, 1.165) is 6.07 Å². The molecule has 2 rings (SSSR count). The van der Waals surface area contributed by atoms with Crippen LogP contribution >= 0.6 is 28.6 Å². The summed E-state index contributed by atoms with van der Waals surface area (Å²) in [7, 11) is 0. The van der Waals surface area contributed by atoms with Gasteiger partial charge in [0.1, 0.15) is 23.1 Å². The molecule has 0 fully saturated rings. The van der Waals surface area contributed by atoms with E-state index in [1.54, 1.807) is 0 Å². The molecule has 0 amide bonds. The van der Waals surface area contributed by atoms with Crippen molar-refractivity contribution >= 4 is 39.3 Å². The van der Waals surface area contributed by atoms with E-state index < -0.39 is 6.36 Å². The summed E-state index contributed by atoms with van der Waals surface area (Å²) < 4.78 is 45.6. The molecule has 3 nitrogen and oxygen atoms in total. The molecule has 0 N–H and O–H groups in total. The standard InChI is InChI=1S/C9H5BrF3NO2S/c10-5-1-4(16-9(11,12)13)2-6-8(5)15-3-7(17)14-6/h1-2H,3H2,(H,14,17). The van der Waals surface area contributed by atoms with Gasteiger partial charge in [0, 0.05) is 6.07 Å². The van der Waals surface area contributed by atoms with Crippen molar-refractivity contribution in [2.24, 2.45) is 4.99 Å². The molecule has 0 atom stereocenters. The monoisotopic (exact) mass is 327 g/mol. The zero-order chi connectivity index (χ0) is 12.6. The minimum absolute atomic E-state index is 0.189. The molecular weight excluding hydrogens is 323 g/mol. The Bertz CT molecular complexity index is 490. The Balaban J connectivity index is 2.40. The van der Waals surface area contributed by atoms with Gasteiger partial charge in [-0.25, -0.2) is 4.99 Å². The van der Waals surface area contributed by atoms with Crippen LogP contribution in [0.1, 0.15) is 0 Å². The Hall–Kier alpha value is -0.890. The lowest BCUT2D eigenvalue weighted by Crippen LogP contribution is -2.17. The summed E-state index contributed by atoms with van der Waals surface area (Å²) in [4.78, 5) is 3.98. The summed E-state index contributed by atoms with van der Waals surface area (Å²) in [6, 6.07) is 2.31. The fourth-order valence-corrected chi connectivity index (χ4v) is 2.00. The largest absolute Gasteiger partial charge is 0.573 e. The minimum Gasteiger partial charge on any atom is -0.483 e. The van der Waals surface area contributed by atoms with E-state index in [0.29, 0.717) is 15.3 Å². The van der Waals surface area contributed by atoms with Gasteiger partial charge in [0.2, 0.25) is 0 Å². The number of aliphatic imine (C=N–C) groups is 1. The number of thiol groups is 1. The number of fused-ring (bicyclic) bond motifs is 1. The fourth-order valence-electron chi connectivity index (χ4n) is 1.28. The molecule has 8 heteroatoms. The number of hydrogen-bond donors (Lipinski definition) is 1. The summed E-state index contributed by atoms with van der Waals surface area (Å²) in [5, 5.41) is 0.383. The van der Waals surface area contributed by atoms with E-state index >= 15 is 0 Å². The number of nitrogens with zero attached hydrogens (tertiary/aromatic N) is 1. The van der Waals surface area contributed by atoms with Crippen molar-refractivity contribution in [2.75, 3.05) is 6.61 Å². The van der Waals surface area contributed by atoms with Crippen molar-refractivity contribution in [3.8, 4) is 11.5 Å². The Morgan fingerprint density at radius 2 is 2.12 bits per heavy atom. The number of ether oxygens (including phenoxy) is 2. The zero-order valence-electron chi connectivity index (χ0n) is 8.08. The molecule has 0 aliphatic carbocycles. The van der Waals surface area contributed by atoms with Crippen LogP contribution in [0.5, 0.6) is 11.5 Å². The van der Waals surface area contributed by atoms with Crippen molar-refractivity contribution < 1.29 is 22.6 Å². The molecule has 1 aliphatic heterocycles. The molecule has 0 radical (unpaired) electrons. The van der Waals surface area contributed by atoms with Gasteiger partial charge in [-0.05, 0) is 22.0 Å². The highest BCUT2D eigenvalue weighted by Crippen LogP contribution is 2.42. The van der Waals surface area contributed by atoms with E-state index in [1.165, 1.54) is 6.07 Å². The van der Waals surface area contributed by atoms with Crippen LogP contribution in [0.2, 0.25) is 0 Å². The predicted molar refractivity (Wildman–Crippen MR) is 62.4 cm³/mol. The first kappa shape index (κ1) is 12.6. The van der Waals surface area contributed by atoms with Gasteiger partial charge in [-0.15, -0.1) is 25.8 Å². The second kappa shape index (κ2) is 4.41. The van der Waals surface area contributed by atoms with Gasteiger partial charge in [0.15, 0.2) is 5.75 Å². The van der Waals surface area contributed by atoms with Gasteiger partial charge in [0.05, 0.1) is 4.47 Å². The Morgan fingerprint density at radius 1 is 1.41 bits per heavy atom. The summed E-state index contributed by atoms with van der Waals surface area (Å²) in [5.41, 5.74) is 0.245. The molecule has 0 saturated carbocycles. The SMILES string of the molecule is FC(F)(F)Oc1cc(Br)c2c(c1)N=C(S)CO2. The second-order valence-electron chi connectivity index (χ2n) is 3.12. The molecule has 1 aliphatic rings. The number of halogens is 4. The van der Waals surface area contributed by atoms with Gasteiger partial charge in [0.25, 0.3) is 0 Å². The molecule has 1 aromatic carbocycles. The van der Waals surface area contributed by atoms with Crippen LogP contribution in [-0.4, -0.2) is 18.0 Å². The predicted octanol–water partition coefficient (Wildman–Crippen LogP) is 3.70. The Morgan fingerprint density at radius 3 is 2.76 bits per heavy atom. The van der Waals surface area contributed by atoms with Crippen LogP contribution in [0.4, 0.5) is 18.9 Å². The van der Waals surface area contributed by atoms with E-state index in [-0.39, 0.29) is 18.0 Å². The van der Waals surface area contributed by atoms with Crippen molar-refractivity contribution in [3.05, 3.63) is 16.6 Å². The summed E-state index contributed by atoms with van der Waals surface area (Å²) in [6.45, 7) is 0.189. The molecule has 0 aromatic heterocycles. The summed E-state index contributed by atoms with van der Waals surface area (Å²) in [6.07, 6.45) is -4.74. The van der Waals surface area contributed by atoms with Crippen LogP contribution in [0.3, 0.4) is 0 Å². The van der Waals surface area contributed by atoms with Gasteiger partial charge in [-0.2, -0.15) is 0 Å². The van der Waals surface area contributed by atoms with E-state index in [2.05, 4.69) is 38.3 Å². The second-order valence-corrected chi connectivity index (χ2v) is 4.49. The van der Waals surface area contributed by atoms with Gasteiger partial charge >= 0.3 is 6.36 Å². The highest BCUT2D eigenvalue weighted by Gasteiger charge is 2.32. The van der Waals surface area contributed by atoms with Crippen molar-refractivity contribution in [3.63, 3.8) is 0 Å². The maximum absolute atomic E-state index is 12.1. The molecule has 0 saturated heterocycles. The van der Waals surface area contributed by atoms with Gasteiger partial charge in [-0.3, -0.25) is 0 Å². The maximum atomic E-state index is 12.1. The molecule has 1 heterocycles. The fraction of sp³-hybridized carbons (Fsp3) is 0.222. The smallest absolute Gasteiger partial charge is 0.483 e. The molecule has 0 spiro atoms. The first-order valence-corrected chi connectivity index (χ1v) is 5.58. The Labute approximate surface area is 108 Å². The van der Waals surface area contributed by atoms with Crippen molar-refractivity contribution in [1.82, 2.24) is 0 Å². The molecule has 1 aromatic rings. The third-order valence-corrected chi connectivity index (χ3v) is 2.64. The lowest BCUT2D eigenvalue weighted by Gasteiger charge is -2.17. The first-order valence-electron chi connectivity index (χ1n) is 4.34. The average molecular weight is 328 g/mol. The van der Waals surface area contributed by atoms with Gasteiger partial charge in [-0.1, -0.05) is 0 Å². The van der Waals surface area contributed by atoms with Crippen LogP contribution in [0.15, 0.2) is 21.6 Å². The lowest BCUT2D eigenvalue weighted by atomic mass is 10.2. The zero-order valence-corrected chi connectivity index (χ0v) is 10.6. The first-order chi connectivity index (χ1) is 7.85. The molecule has 92 valence electrons. The molecule has 17 heavy (non-hydrogen) atoms. The highest BCUT2D eigenvalue weighted by atomic mass is 79.9. The maximum Gasteiger partial charge on any atom is 0.573 e. The number of benzene rings is 1. The number of alkyl halides is 3. The van der Waals surface area contributed by atoms with E-state index in [1.807, 2.05) is 0 Å². The molecule has 0 unspecified atom stereocenters. The third kappa shape index (κ3) is 3.06. The van der Waals surface area contributed by atoms with Crippen molar-refractivity contribution in [2.45, 2.75) is 6.36 Å². The Kier molecular flexibility index (Phi) is 3.26. The van der Waals surface area contributed by atoms with Crippen LogP contribution in [-0.2, 0) is 0 Å². The van der Waals surface area contributed by atoms with E-state index in [4.69, 9.17) is 4.74 Å². The third-order valence-electron chi connectivity index (χ3n) is 1.83. The van der Waals surface area contributed by atoms with Crippen LogP contribution in [0.25, 0.3) is 0 Å². The molecule has 0 bridgehead atoms. The summed E-state index contributed by atoms with van der Waals surface area (Å²) in [5.74, 6) is 0.0100. The normalized spacial score (nSPS) is 14.8. The van der Waals surface area contributed by atoms with Crippen LogP contribution < -0.4 is 9.47 Å². The highest BCUT2D eigenvalue weighted by molar-refractivity contribution is 9.10. The number of rotatable bonds is 1. The number of hydrogen-bond acceptors (Lipinski definition) is 3. The average Bonchev–Trinajstić information content (AvgIpc) is 2.13.